The van der Waals surface area contributed by atoms with E-state index >= 15 is 0 Å². The first-order valence-corrected chi connectivity index (χ1v) is 9.23. The SMILES string of the molecule is Cc1noc(C)c1CN1CC=C(CNC(=O)C2CCCCC2)CC1. The Morgan fingerprint density at radius 2 is 2.12 bits per heavy atom. The fourth-order valence-corrected chi connectivity index (χ4v) is 3.72. The molecule has 0 bridgehead atoms. The number of rotatable bonds is 5. The van der Waals surface area contributed by atoms with Crippen molar-refractivity contribution >= 4 is 5.91 Å². The van der Waals surface area contributed by atoms with Gasteiger partial charge in [0.05, 0.1) is 5.69 Å². The highest BCUT2D eigenvalue weighted by molar-refractivity contribution is 5.78. The first kappa shape index (κ1) is 17.2. The lowest BCUT2D eigenvalue weighted by Crippen LogP contribution is -2.35. The average Bonchev–Trinajstić information content (AvgIpc) is 2.93. The molecule has 1 aromatic heterocycles. The zero-order valence-corrected chi connectivity index (χ0v) is 14.9. The Hall–Kier alpha value is -1.62. The Balaban J connectivity index is 1.44. The first-order chi connectivity index (χ1) is 11.6. The second-order valence-corrected chi connectivity index (χ2v) is 7.20. The van der Waals surface area contributed by atoms with E-state index in [0.717, 1.165) is 50.4 Å². The van der Waals surface area contributed by atoms with Crippen LogP contribution >= 0.6 is 0 Å². The highest BCUT2D eigenvalue weighted by atomic mass is 16.5. The van der Waals surface area contributed by atoms with E-state index < -0.39 is 0 Å². The van der Waals surface area contributed by atoms with Crippen molar-refractivity contribution in [2.24, 2.45) is 5.92 Å². The normalized spacial score (nSPS) is 20.0. The van der Waals surface area contributed by atoms with Crippen LogP contribution in [0.15, 0.2) is 16.2 Å². The molecule has 0 saturated heterocycles. The van der Waals surface area contributed by atoms with Crippen LogP contribution in [0.1, 0.15) is 55.5 Å². The molecule has 24 heavy (non-hydrogen) atoms. The first-order valence-electron chi connectivity index (χ1n) is 9.23. The van der Waals surface area contributed by atoms with Gasteiger partial charge in [-0.15, -0.1) is 0 Å². The largest absolute Gasteiger partial charge is 0.361 e. The summed E-state index contributed by atoms with van der Waals surface area (Å²) in [7, 11) is 0. The molecule has 5 heteroatoms. The minimum atomic E-state index is 0.249. The molecule has 0 aromatic carbocycles. The van der Waals surface area contributed by atoms with Gasteiger partial charge in [-0.1, -0.05) is 36.1 Å². The summed E-state index contributed by atoms with van der Waals surface area (Å²) in [6.45, 7) is 7.53. The summed E-state index contributed by atoms with van der Waals surface area (Å²) in [6.07, 6.45) is 9.12. The standard InChI is InChI=1S/C19H29N3O2/c1-14-18(15(2)24-21-14)13-22-10-8-16(9-11-22)12-20-19(23)17-6-4-3-5-7-17/h8,17H,3-7,9-13H2,1-2H3,(H,20,23). The maximum absolute atomic E-state index is 12.2. The Morgan fingerprint density at radius 3 is 2.75 bits per heavy atom. The van der Waals surface area contributed by atoms with E-state index in [0.29, 0.717) is 6.54 Å². The van der Waals surface area contributed by atoms with Crippen molar-refractivity contribution in [1.29, 1.82) is 0 Å². The van der Waals surface area contributed by atoms with Gasteiger partial charge in [0.15, 0.2) is 0 Å². The monoisotopic (exact) mass is 331 g/mol. The summed E-state index contributed by atoms with van der Waals surface area (Å²) in [5, 5.41) is 7.18. The fourth-order valence-electron chi connectivity index (χ4n) is 3.72. The molecule has 0 unspecified atom stereocenters. The molecule has 132 valence electrons. The molecule has 2 aliphatic rings. The van der Waals surface area contributed by atoms with E-state index in [9.17, 15) is 4.79 Å². The predicted molar refractivity (Wildman–Crippen MR) is 93.5 cm³/mol. The maximum Gasteiger partial charge on any atom is 0.223 e. The van der Waals surface area contributed by atoms with Crippen LogP contribution in [0.4, 0.5) is 0 Å². The highest BCUT2D eigenvalue weighted by Crippen LogP contribution is 2.24. The fraction of sp³-hybridized carbons (Fsp3) is 0.684. The molecular formula is C19H29N3O2. The average molecular weight is 331 g/mol. The summed E-state index contributed by atoms with van der Waals surface area (Å²) >= 11 is 0. The van der Waals surface area contributed by atoms with Crippen LogP contribution < -0.4 is 5.32 Å². The van der Waals surface area contributed by atoms with E-state index in [2.05, 4.69) is 21.4 Å². The second kappa shape index (κ2) is 7.97. The molecule has 1 N–H and O–H groups in total. The molecule has 0 spiro atoms. The Morgan fingerprint density at radius 1 is 1.33 bits per heavy atom. The molecule has 1 saturated carbocycles. The number of amides is 1. The van der Waals surface area contributed by atoms with Gasteiger partial charge in [0.1, 0.15) is 5.76 Å². The third kappa shape index (κ3) is 4.26. The van der Waals surface area contributed by atoms with E-state index in [1.165, 1.54) is 30.4 Å². The molecule has 0 atom stereocenters. The summed E-state index contributed by atoms with van der Waals surface area (Å²) in [5.41, 5.74) is 3.55. The lowest BCUT2D eigenvalue weighted by molar-refractivity contribution is -0.125. The van der Waals surface area contributed by atoms with Gasteiger partial charge in [-0.2, -0.15) is 0 Å². The smallest absolute Gasteiger partial charge is 0.223 e. The van der Waals surface area contributed by atoms with Gasteiger partial charge in [0.25, 0.3) is 0 Å². The topological polar surface area (TPSA) is 58.4 Å². The van der Waals surface area contributed by atoms with Gasteiger partial charge in [-0.05, 0) is 33.1 Å². The van der Waals surface area contributed by atoms with E-state index in [1.807, 2.05) is 13.8 Å². The molecule has 1 aliphatic carbocycles. The highest BCUT2D eigenvalue weighted by Gasteiger charge is 2.21. The second-order valence-electron chi connectivity index (χ2n) is 7.20. The molecule has 5 nitrogen and oxygen atoms in total. The number of carbonyl (C=O) groups is 1. The Kier molecular flexibility index (Phi) is 5.72. The molecule has 1 fully saturated rings. The van der Waals surface area contributed by atoms with Gasteiger partial charge in [-0.25, -0.2) is 0 Å². The van der Waals surface area contributed by atoms with Gasteiger partial charge in [-0.3, -0.25) is 9.69 Å². The number of aromatic nitrogens is 1. The molecule has 1 aliphatic heterocycles. The lowest BCUT2D eigenvalue weighted by atomic mass is 9.88. The lowest BCUT2D eigenvalue weighted by Gasteiger charge is -2.27. The molecule has 2 heterocycles. The molecule has 1 amide bonds. The number of carbonyl (C=O) groups excluding carboxylic acids is 1. The Labute approximate surface area is 144 Å². The molecular weight excluding hydrogens is 302 g/mol. The third-order valence-corrected chi connectivity index (χ3v) is 5.42. The molecule has 1 aromatic rings. The Bertz CT molecular complexity index is 580. The van der Waals surface area contributed by atoms with Crippen molar-refractivity contribution in [1.82, 2.24) is 15.4 Å². The molecule has 3 rings (SSSR count). The van der Waals surface area contributed by atoms with E-state index in [1.54, 1.807) is 0 Å². The summed E-state index contributed by atoms with van der Waals surface area (Å²) in [6, 6.07) is 0. The van der Waals surface area contributed by atoms with Crippen molar-refractivity contribution in [3.63, 3.8) is 0 Å². The number of nitrogens with zero attached hydrogens (tertiary/aromatic N) is 2. The van der Waals surface area contributed by atoms with Crippen LogP contribution in [0.25, 0.3) is 0 Å². The number of aryl methyl sites for hydroxylation is 2. The zero-order chi connectivity index (χ0) is 16.9. The van der Waals surface area contributed by atoms with Crippen LogP contribution in [0.3, 0.4) is 0 Å². The van der Waals surface area contributed by atoms with Gasteiger partial charge < -0.3 is 9.84 Å². The van der Waals surface area contributed by atoms with E-state index in [-0.39, 0.29) is 11.8 Å². The van der Waals surface area contributed by atoms with Crippen molar-refractivity contribution in [2.45, 2.75) is 58.9 Å². The molecule has 0 radical (unpaired) electrons. The number of hydrogen-bond donors (Lipinski definition) is 1. The van der Waals surface area contributed by atoms with E-state index in [4.69, 9.17) is 4.52 Å². The van der Waals surface area contributed by atoms with Crippen LogP contribution in [-0.4, -0.2) is 35.6 Å². The summed E-state index contributed by atoms with van der Waals surface area (Å²) in [4.78, 5) is 14.6. The zero-order valence-electron chi connectivity index (χ0n) is 14.9. The van der Waals surface area contributed by atoms with Crippen molar-refractivity contribution in [3.8, 4) is 0 Å². The quantitative estimate of drug-likeness (QED) is 0.842. The number of hydrogen-bond acceptors (Lipinski definition) is 4. The van der Waals surface area contributed by atoms with Crippen LogP contribution in [0.2, 0.25) is 0 Å². The van der Waals surface area contributed by atoms with Crippen molar-refractivity contribution in [3.05, 3.63) is 28.7 Å². The summed E-state index contributed by atoms with van der Waals surface area (Å²) < 4.78 is 5.24. The van der Waals surface area contributed by atoms with Crippen LogP contribution in [-0.2, 0) is 11.3 Å². The number of nitrogens with one attached hydrogen (secondary N) is 1. The maximum atomic E-state index is 12.2. The van der Waals surface area contributed by atoms with Crippen molar-refractivity contribution in [2.75, 3.05) is 19.6 Å². The van der Waals surface area contributed by atoms with Gasteiger partial charge >= 0.3 is 0 Å². The predicted octanol–water partition coefficient (Wildman–Crippen LogP) is 3.12. The van der Waals surface area contributed by atoms with Gasteiger partial charge in [0, 0.05) is 37.7 Å². The van der Waals surface area contributed by atoms with Gasteiger partial charge in [0.2, 0.25) is 5.91 Å². The minimum absolute atomic E-state index is 0.249. The minimum Gasteiger partial charge on any atom is -0.361 e. The summed E-state index contributed by atoms with van der Waals surface area (Å²) in [5.74, 6) is 1.43. The van der Waals surface area contributed by atoms with Crippen LogP contribution in [0, 0.1) is 19.8 Å². The third-order valence-electron chi connectivity index (χ3n) is 5.42. The van der Waals surface area contributed by atoms with Crippen molar-refractivity contribution < 1.29 is 9.32 Å². The van der Waals surface area contributed by atoms with Crippen LogP contribution in [0.5, 0.6) is 0 Å².